The van der Waals surface area contributed by atoms with E-state index in [0.29, 0.717) is 5.82 Å². The van der Waals surface area contributed by atoms with Crippen molar-refractivity contribution in [3.8, 4) is 0 Å². The summed E-state index contributed by atoms with van der Waals surface area (Å²) in [6, 6.07) is 1.34. The predicted molar refractivity (Wildman–Crippen MR) is 64.2 cm³/mol. The predicted octanol–water partition coefficient (Wildman–Crippen LogP) is 1.24. The molecule has 0 saturated carbocycles. The summed E-state index contributed by atoms with van der Waals surface area (Å²) in [5.74, 6) is 0.435. The van der Waals surface area contributed by atoms with E-state index < -0.39 is 10.0 Å². The van der Waals surface area contributed by atoms with Crippen LogP contribution < -0.4 is 10.0 Å². The molecule has 0 saturated heterocycles. The van der Waals surface area contributed by atoms with E-state index in [1.165, 1.54) is 18.3 Å². The summed E-state index contributed by atoms with van der Waals surface area (Å²) >= 11 is 5.83. The number of hydrogen-bond acceptors (Lipinski definition) is 4. The van der Waals surface area contributed by atoms with Crippen LogP contribution in [-0.4, -0.2) is 27.0 Å². The lowest BCUT2D eigenvalue weighted by molar-refractivity contribution is 0.585. The maximum atomic E-state index is 11.7. The zero-order chi connectivity index (χ0) is 12.2. The number of halogens is 1. The van der Waals surface area contributed by atoms with Crippen LogP contribution in [-0.2, 0) is 10.0 Å². The van der Waals surface area contributed by atoms with Crippen molar-refractivity contribution in [2.75, 3.05) is 18.9 Å². The summed E-state index contributed by atoms with van der Waals surface area (Å²) in [4.78, 5) is 3.91. The number of nitrogens with zero attached hydrogens (tertiary/aromatic N) is 1. The Bertz CT molecular complexity index is 488. The molecule has 88 valence electrons. The van der Waals surface area contributed by atoms with Crippen LogP contribution in [0.1, 0.15) is 0 Å². The van der Waals surface area contributed by atoms with Crippen molar-refractivity contribution in [2.45, 2.75) is 4.90 Å². The number of rotatable bonds is 5. The number of anilines is 1. The van der Waals surface area contributed by atoms with Crippen LogP contribution in [0.2, 0.25) is 5.02 Å². The molecule has 0 aliphatic rings. The molecular formula is C9H12ClN3O2S. The normalized spacial score (nSPS) is 11.1. The molecule has 0 spiro atoms. The van der Waals surface area contributed by atoms with Crippen LogP contribution in [0.25, 0.3) is 0 Å². The Morgan fingerprint density at radius 2 is 2.31 bits per heavy atom. The molecular weight excluding hydrogens is 250 g/mol. The first-order valence-corrected chi connectivity index (χ1v) is 6.31. The van der Waals surface area contributed by atoms with E-state index >= 15 is 0 Å². The van der Waals surface area contributed by atoms with Gasteiger partial charge in [0.05, 0.1) is 5.02 Å². The summed E-state index contributed by atoms with van der Waals surface area (Å²) in [6.07, 6.45) is 2.69. The van der Waals surface area contributed by atoms with Crippen LogP contribution in [0, 0.1) is 0 Å². The molecule has 0 radical (unpaired) electrons. The third-order valence-corrected chi connectivity index (χ3v) is 3.46. The van der Waals surface area contributed by atoms with Crippen LogP contribution in [0.15, 0.2) is 29.8 Å². The monoisotopic (exact) mass is 261 g/mol. The van der Waals surface area contributed by atoms with Crippen LogP contribution in [0.3, 0.4) is 0 Å². The molecule has 0 aromatic carbocycles. The van der Waals surface area contributed by atoms with Crippen molar-refractivity contribution < 1.29 is 8.42 Å². The summed E-state index contributed by atoms with van der Waals surface area (Å²) < 4.78 is 25.7. The average molecular weight is 262 g/mol. The molecule has 5 nitrogen and oxygen atoms in total. The van der Waals surface area contributed by atoms with Gasteiger partial charge in [0, 0.05) is 19.8 Å². The molecule has 0 bridgehead atoms. The molecule has 0 aliphatic heterocycles. The third-order valence-electron chi connectivity index (χ3n) is 1.78. The van der Waals surface area contributed by atoms with Gasteiger partial charge in [0.1, 0.15) is 10.7 Å². The summed E-state index contributed by atoms with van der Waals surface area (Å²) in [7, 11) is -1.91. The minimum Gasteiger partial charge on any atom is -0.372 e. The first-order valence-electron chi connectivity index (χ1n) is 4.45. The fourth-order valence-corrected chi connectivity index (χ4v) is 2.30. The van der Waals surface area contributed by atoms with Gasteiger partial charge >= 0.3 is 0 Å². The van der Waals surface area contributed by atoms with Gasteiger partial charge in [-0.25, -0.2) is 18.1 Å². The van der Waals surface area contributed by atoms with Crippen molar-refractivity contribution in [1.29, 1.82) is 0 Å². The van der Waals surface area contributed by atoms with Gasteiger partial charge in [0.15, 0.2) is 0 Å². The van der Waals surface area contributed by atoms with E-state index in [9.17, 15) is 8.42 Å². The number of aromatic nitrogens is 1. The van der Waals surface area contributed by atoms with Crippen LogP contribution >= 0.6 is 11.6 Å². The molecule has 0 atom stereocenters. The Morgan fingerprint density at radius 3 is 2.81 bits per heavy atom. The second-order valence-electron chi connectivity index (χ2n) is 2.89. The highest BCUT2D eigenvalue weighted by Crippen LogP contribution is 2.21. The topological polar surface area (TPSA) is 71.1 Å². The van der Waals surface area contributed by atoms with Gasteiger partial charge in [0.2, 0.25) is 10.0 Å². The highest BCUT2D eigenvalue weighted by molar-refractivity contribution is 7.89. The van der Waals surface area contributed by atoms with Crippen molar-refractivity contribution >= 4 is 27.4 Å². The Labute approximate surface area is 99.6 Å². The maximum Gasteiger partial charge on any atom is 0.242 e. The number of pyridine rings is 1. The van der Waals surface area contributed by atoms with Crippen LogP contribution in [0.5, 0.6) is 0 Å². The molecule has 7 heteroatoms. The summed E-state index contributed by atoms with van der Waals surface area (Å²) in [6.45, 7) is 3.58. The molecule has 0 fully saturated rings. The van der Waals surface area contributed by atoms with E-state index in [0.717, 1.165) is 0 Å². The zero-order valence-electron chi connectivity index (χ0n) is 8.70. The molecule has 0 unspecified atom stereocenters. The minimum atomic E-state index is -3.57. The van der Waals surface area contributed by atoms with Gasteiger partial charge in [0.25, 0.3) is 0 Å². The Balaban J connectivity index is 3.05. The number of sulfonamides is 1. The van der Waals surface area contributed by atoms with E-state index in [1.807, 2.05) is 0 Å². The molecule has 16 heavy (non-hydrogen) atoms. The summed E-state index contributed by atoms with van der Waals surface area (Å²) in [5, 5.41) is 3.00. The fraction of sp³-hybridized carbons (Fsp3) is 0.222. The Hall–Kier alpha value is -1.11. The van der Waals surface area contributed by atoms with E-state index in [-0.39, 0.29) is 16.5 Å². The lowest BCUT2D eigenvalue weighted by atomic mass is 10.4. The number of nitrogens with one attached hydrogen (secondary N) is 2. The first kappa shape index (κ1) is 13.0. The lowest BCUT2D eigenvalue weighted by Crippen LogP contribution is -2.23. The van der Waals surface area contributed by atoms with Crippen LogP contribution in [0.4, 0.5) is 5.82 Å². The van der Waals surface area contributed by atoms with Gasteiger partial charge < -0.3 is 5.32 Å². The molecule has 1 aromatic rings. The third kappa shape index (κ3) is 2.94. The molecule has 1 aromatic heterocycles. The van der Waals surface area contributed by atoms with Gasteiger partial charge in [-0.15, -0.1) is 6.58 Å². The highest BCUT2D eigenvalue weighted by Gasteiger charge is 2.15. The van der Waals surface area contributed by atoms with E-state index in [1.54, 1.807) is 7.05 Å². The minimum absolute atomic E-state index is 0.0263. The maximum absolute atomic E-state index is 11.7. The van der Waals surface area contributed by atoms with Crippen molar-refractivity contribution in [1.82, 2.24) is 9.71 Å². The summed E-state index contributed by atoms with van der Waals surface area (Å²) in [5.41, 5.74) is 0. The van der Waals surface area contributed by atoms with Gasteiger partial charge in [-0.2, -0.15) is 0 Å². The molecule has 0 aliphatic carbocycles. The van der Waals surface area contributed by atoms with Gasteiger partial charge in [-0.05, 0) is 6.07 Å². The van der Waals surface area contributed by atoms with E-state index in [2.05, 4.69) is 21.6 Å². The van der Waals surface area contributed by atoms with Gasteiger partial charge in [-0.3, -0.25) is 0 Å². The highest BCUT2D eigenvalue weighted by atomic mass is 35.5. The molecule has 0 amide bonds. The lowest BCUT2D eigenvalue weighted by Gasteiger charge is -2.06. The molecule has 1 heterocycles. The Kier molecular flexibility index (Phi) is 4.28. The largest absolute Gasteiger partial charge is 0.372 e. The van der Waals surface area contributed by atoms with Crippen molar-refractivity contribution in [3.05, 3.63) is 29.9 Å². The van der Waals surface area contributed by atoms with E-state index in [4.69, 9.17) is 11.6 Å². The zero-order valence-corrected chi connectivity index (χ0v) is 10.3. The van der Waals surface area contributed by atoms with Crippen molar-refractivity contribution in [3.63, 3.8) is 0 Å². The molecule has 2 N–H and O–H groups in total. The van der Waals surface area contributed by atoms with Gasteiger partial charge in [-0.1, -0.05) is 17.7 Å². The van der Waals surface area contributed by atoms with Crippen molar-refractivity contribution in [2.24, 2.45) is 0 Å². The second kappa shape index (κ2) is 5.29. The first-order chi connectivity index (χ1) is 7.51. The quantitative estimate of drug-likeness (QED) is 0.783. The smallest absolute Gasteiger partial charge is 0.242 e. The Morgan fingerprint density at radius 1 is 1.62 bits per heavy atom. The second-order valence-corrected chi connectivity index (χ2v) is 5.07. The number of hydrogen-bond donors (Lipinski definition) is 2. The standard InChI is InChI=1S/C9H12ClN3O2S/c1-3-4-13-16(14,15)7-5-8(10)9(11-2)12-6-7/h3,5-6,13H,1,4H2,2H3,(H,11,12). The SMILES string of the molecule is C=CCNS(=O)(=O)c1cnc(NC)c(Cl)c1. The molecule has 1 rings (SSSR count). The average Bonchev–Trinajstić information content (AvgIpc) is 2.26. The fourth-order valence-electron chi connectivity index (χ4n) is 1.00.